The van der Waals surface area contributed by atoms with E-state index in [1.165, 1.54) is 36.7 Å². The van der Waals surface area contributed by atoms with Crippen LogP contribution < -0.4 is 9.75 Å². The van der Waals surface area contributed by atoms with Gasteiger partial charge in [0.05, 0.1) is 28.9 Å². The van der Waals surface area contributed by atoms with Gasteiger partial charge in [0.15, 0.2) is 5.76 Å². The van der Waals surface area contributed by atoms with E-state index in [2.05, 4.69) is 30.6 Å². The lowest BCUT2D eigenvalue weighted by atomic mass is 10.0. The number of ether oxygens (including phenoxy) is 1. The maximum atomic E-state index is 11.4. The number of carbonyl (C=O) groups is 1. The largest absolute Gasteiger partial charge is 0.494 e. The van der Waals surface area contributed by atoms with Gasteiger partial charge in [0, 0.05) is 16.9 Å². The standard InChI is InChI=1S/C37H36N4O4S/c1-4-7-8-9-21-44-29-17-13-25(14-18-29)33-23-32(35-20-19-30(46-35)22-27(24-38)37(42)43)40-41(33)28-15-11-26(12-16-28)36-39-31(6-3)34(45-36)10-5-2/h5-6,10-20,22,33H,3-4,7-9,21,23H2,1-2H3,(H,42,43)/b10-5-,27-22+. The zero-order valence-corrected chi connectivity index (χ0v) is 26.8. The molecule has 0 saturated carbocycles. The lowest BCUT2D eigenvalue weighted by Gasteiger charge is -2.24. The Morgan fingerprint density at radius 1 is 1.15 bits per heavy atom. The molecule has 2 aromatic carbocycles. The summed E-state index contributed by atoms with van der Waals surface area (Å²) < 4.78 is 12.0. The van der Waals surface area contributed by atoms with Crippen molar-refractivity contribution in [2.75, 3.05) is 11.6 Å². The molecule has 1 aliphatic heterocycles. The van der Waals surface area contributed by atoms with Crippen LogP contribution in [0.5, 0.6) is 5.75 Å². The number of nitriles is 1. The van der Waals surface area contributed by atoms with Crippen LogP contribution in [0, 0.1) is 11.3 Å². The minimum atomic E-state index is -1.25. The van der Waals surface area contributed by atoms with E-state index < -0.39 is 5.97 Å². The van der Waals surface area contributed by atoms with Crippen LogP contribution >= 0.6 is 11.3 Å². The Bertz CT molecular complexity index is 1810. The summed E-state index contributed by atoms with van der Waals surface area (Å²) in [6, 6.07) is 21.6. The fraction of sp³-hybridized carbons (Fsp3) is 0.243. The van der Waals surface area contributed by atoms with Crippen molar-refractivity contribution in [3.8, 4) is 23.3 Å². The molecule has 0 fully saturated rings. The molecular weight excluding hydrogens is 596 g/mol. The molecule has 1 unspecified atom stereocenters. The van der Waals surface area contributed by atoms with E-state index in [1.54, 1.807) is 12.1 Å². The van der Waals surface area contributed by atoms with Crippen LogP contribution in [0.15, 0.2) is 88.4 Å². The highest BCUT2D eigenvalue weighted by Gasteiger charge is 2.31. The Morgan fingerprint density at radius 2 is 1.93 bits per heavy atom. The second kappa shape index (κ2) is 15.2. The number of rotatable bonds is 14. The van der Waals surface area contributed by atoms with E-state index in [0.29, 0.717) is 35.2 Å². The van der Waals surface area contributed by atoms with Crippen LogP contribution in [0.3, 0.4) is 0 Å². The minimum Gasteiger partial charge on any atom is -0.494 e. The molecule has 2 aromatic heterocycles. The predicted molar refractivity (Wildman–Crippen MR) is 185 cm³/mol. The minimum absolute atomic E-state index is 0.0790. The molecule has 4 aromatic rings. The van der Waals surface area contributed by atoms with E-state index in [-0.39, 0.29) is 11.6 Å². The Labute approximate surface area is 273 Å². The van der Waals surface area contributed by atoms with Crippen molar-refractivity contribution >= 4 is 46.9 Å². The van der Waals surface area contributed by atoms with Gasteiger partial charge in [-0.15, -0.1) is 11.3 Å². The molecule has 0 bridgehead atoms. The van der Waals surface area contributed by atoms with Gasteiger partial charge in [-0.25, -0.2) is 9.78 Å². The number of unbranched alkanes of at least 4 members (excludes halogenated alkanes) is 3. The van der Waals surface area contributed by atoms with E-state index in [1.807, 2.05) is 72.6 Å². The molecule has 0 aliphatic carbocycles. The monoisotopic (exact) mass is 632 g/mol. The molecule has 9 heteroatoms. The van der Waals surface area contributed by atoms with Crippen molar-refractivity contribution in [2.24, 2.45) is 5.10 Å². The van der Waals surface area contributed by atoms with Gasteiger partial charge in [0.25, 0.3) is 0 Å². The lowest BCUT2D eigenvalue weighted by Crippen LogP contribution is -2.18. The van der Waals surface area contributed by atoms with Gasteiger partial charge in [-0.2, -0.15) is 10.4 Å². The third-order valence-corrected chi connectivity index (χ3v) is 8.64. The number of carboxylic acids is 1. The first-order chi connectivity index (χ1) is 22.4. The van der Waals surface area contributed by atoms with Crippen molar-refractivity contribution < 1.29 is 19.1 Å². The number of nitrogens with zero attached hydrogens (tertiary/aromatic N) is 4. The average molecular weight is 633 g/mol. The van der Waals surface area contributed by atoms with Crippen LogP contribution in [-0.2, 0) is 4.79 Å². The summed E-state index contributed by atoms with van der Waals surface area (Å²) in [6.45, 7) is 8.67. The topological polar surface area (TPSA) is 112 Å². The van der Waals surface area contributed by atoms with Gasteiger partial charge in [0.2, 0.25) is 5.89 Å². The Balaban J connectivity index is 1.43. The van der Waals surface area contributed by atoms with Crippen molar-refractivity contribution in [3.63, 3.8) is 0 Å². The number of allylic oxidation sites excluding steroid dienone is 1. The first-order valence-electron chi connectivity index (χ1n) is 15.3. The van der Waals surface area contributed by atoms with E-state index in [9.17, 15) is 15.2 Å². The SMILES string of the molecule is C=Cc1nc(-c2ccc(N3N=C(c4ccc(/C=C(\C#N)C(=O)O)s4)CC3c3ccc(OCCCCCC)cc3)cc2)oc1/C=C\C. The first kappa shape index (κ1) is 32.2. The molecule has 0 radical (unpaired) electrons. The quantitative estimate of drug-likeness (QED) is 0.0837. The van der Waals surface area contributed by atoms with Crippen LogP contribution in [-0.4, -0.2) is 28.4 Å². The maximum absolute atomic E-state index is 11.4. The number of hydrogen-bond donors (Lipinski definition) is 1. The van der Waals surface area contributed by atoms with Crippen LogP contribution in [0.4, 0.5) is 5.69 Å². The van der Waals surface area contributed by atoms with E-state index >= 15 is 0 Å². The normalized spacial score (nSPS) is 14.8. The molecule has 0 spiro atoms. The number of carboxylic acid groups (broad SMARTS) is 1. The number of benzene rings is 2. The van der Waals surface area contributed by atoms with Gasteiger partial charge in [-0.05, 0) is 85.7 Å². The van der Waals surface area contributed by atoms with Crippen LogP contribution in [0.2, 0.25) is 0 Å². The van der Waals surface area contributed by atoms with Crippen LogP contribution in [0.1, 0.15) is 78.8 Å². The van der Waals surface area contributed by atoms with Crippen molar-refractivity contribution in [1.82, 2.24) is 4.98 Å². The number of oxazole rings is 1. The lowest BCUT2D eigenvalue weighted by molar-refractivity contribution is -0.132. The Morgan fingerprint density at radius 3 is 2.61 bits per heavy atom. The summed E-state index contributed by atoms with van der Waals surface area (Å²) in [7, 11) is 0. The number of aromatic nitrogens is 1. The zero-order chi connectivity index (χ0) is 32.5. The fourth-order valence-corrected chi connectivity index (χ4v) is 6.12. The molecule has 1 atom stereocenters. The highest BCUT2D eigenvalue weighted by Crippen LogP contribution is 2.39. The molecule has 46 heavy (non-hydrogen) atoms. The summed E-state index contributed by atoms with van der Waals surface area (Å²) in [5.74, 6) is 0.773. The molecule has 1 aliphatic rings. The number of aliphatic carboxylic acids is 1. The molecule has 3 heterocycles. The van der Waals surface area contributed by atoms with Crippen molar-refractivity contribution in [2.45, 2.75) is 52.0 Å². The molecule has 234 valence electrons. The van der Waals surface area contributed by atoms with Gasteiger partial charge >= 0.3 is 5.97 Å². The molecule has 5 rings (SSSR count). The first-order valence-corrected chi connectivity index (χ1v) is 16.2. The third kappa shape index (κ3) is 7.53. The maximum Gasteiger partial charge on any atom is 0.346 e. The zero-order valence-electron chi connectivity index (χ0n) is 26.0. The second-order valence-electron chi connectivity index (χ2n) is 10.8. The average Bonchev–Trinajstić information content (AvgIpc) is 3.83. The second-order valence-corrected chi connectivity index (χ2v) is 11.9. The fourth-order valence-electron chi connectivity index (χ4n) is 5.17. The van der Waals surface area contributed by atoms with Gasteiger partial charge in [-0.1, -0.05) is 51.0 Å². The van der Waals surface area contributed by atoms with Crippen molar-refractivity contribution in [3.05, 3.63) is 106 Å². The summed E-state index contributed by atoms with van der Waals surface area (Å²) >= 11 is 1.41. The summed E-state index contributed by atoms with van der Waals surface area (Å²) in [5, 5.41) is 25.5. The molecule has 0 saturated heterocycles. The number of anilines is 1. The highest BCUT2D eigenvalue weighted by atomic mass is 32.1. The van der Waals surface area contributed by atoms with Gasteiger partial charge < -0.3 is 14.3 Å². The highest BCUT2D eigenvalue weighted by molar-refractivity contribution is 7.15. The van der Waals surface area contributed by atoms with E-state index in [4.69, 9.17) is 14.3 Å². The molecular formula is C37H36N4O4S. The molecule has 8 nitrogen and oxygen atoms in total. The van der Waals surface area contributed by atoms with Crippen LogP contribution in [0.25, 0.3) is 29.7 Å². The van der Waals surface area contributed by atoms with E-state index in [0.717, 1.165) is 39.6 Å². The third-order valence-electron chi connectivity index (χ3n) is 7.56. The molecule has 0 amide bonds. The summed E-state index contributed by atoms with van der Waals surface area (Å²) in [6.07, 6.45) is 12.1. The number of thiophene rings is 1. The van der Waals surface area contributed by atoms with Gasteiger partial charge in [0.1, 0.15) is 23.1 Å². The predicted octanol–water partition coefficient (Wildman–Crippen LogP) is 9.39. The summed E-state index contributed by atoms with van der Waals surface area (Å²) in [4.78, 5) is 17.5. The summed E-state index contributed by atoms with van der Waals surface area (Å²) in [5.41, 5.74) is 4.09. The molecule has 1 N–H and O–H groups in total. The smallest absolute Gasteiger partial charge is 0.346 e. The van der Waals surface area contributed by atoms with Gasteiger partial charge in [-0.3, -0.25) is 5.01 Å². The Hall–Kier alpha value is -5.20. The number of hydrazone groups is 1. The Kier molecular flexibility index (Phi) is 10.6. The number of hydrogen-bond acceptors (Lipinski definition) is 8. The van der Waals surface area contributed by atoms with Crippen molar-refractivity contribution in [1.29, 1.82) is 5.26 Å².